The molecule has 2 aromatic rings. The van der Waals surface area contributed by atoms with Crippen molar-refractivity contribution in [2.24, 2.45) is 7.05 Å². The van der Waals surface area contributed by atoms with Gasteiger partial charge in [0.05, 0.1) is 10.5 Å². The van der Waals surface area contributed by atoms with Gasteiger partial charge in [0.25, 0.3) is 12.3 Å². The van der Waals surface area contributed by atoms with E-state index in [4.69, 9.17) is 4.55 Å². The summed E-state index contributed by atoms with van der Waals surface area (Å²) in [5.74, 6) is -2.95. The second-order valence-electron chi connectivity index (χ2n) is 4.35. The first-order valence-corrected chi connectivity index (χ1v) is 6.67. The summed E-state index contributed by atoms with van der Waals surface area (Å²) in [5.41, 5.74) is -1.35. The van der Waals surface area contributed by atoms with E-state index in [9.17, 15) is 22.4 Å². The summed E-state index contributed by atoms with van der Waals surface area (Å²) in [5, 5.41) is 2.21. The van der Waals surface area contributed by atoms with Crippen LogP contribution in [0.2, 0.25) is 0 Å². The minimum absolute atomic E-state index is 0.0968. The minimum Gasteiger partial charge on any atom is -0.343 e. The van der Waals surface area contributed by atoms with Crippen LogP contribution in [0.4, 0.5) is 23.2 Å². The molecule has 0 radical (unpaired) electrons. The number of benzene rings is 1. The average molecular weight is 334 g/mol. The first-order valence-electron chi connectivity index (χ1n) is 5.90. The van der Waals surface area contributed by atoms with Gasteiger partial charge in [-0.05, 0) is 18.2 Å². The molecule has 0 aliphatic carbocycles. The fraction of sp³-hybridized carbons (Fsp3) is 0.154. The Labute approximate surface area is 127 Å². The van der Waals surface area contributed by atoms with E-state index in [2.05, 4.69) is 5.32 Å². The number of nitrogens with zero attached hydrogens (tertiary/aromatic N) is 1. The van der Waals surface area contributed by atoms with Crippen molar-refractivity contribution in [1.82, 2.24) is 4.57 Å². The highest BCUT2D eigenvalue weighted by Crippen LogP contribution is 2.27. The largest absolute Gasteiger partial charge is 0.343 e. The number of hydrogen-bond donors (Lipinski definition) is 2. The Morgan fingerprint density at radius 2 is 2.05 bits per heavy atom. The van der Waals surface area contributed by atoms with Crippen molar-refractivity contribution < 1.29 is 26.9 Å². The van der Waals surface area contributed by atoms with E-state index < -0.39 is 29.5 Å². The van der Waals surface area contributed by atoms with Gasteiger partial charge in [0.15, 0.2) is 5.82 Å². The maximum absolute atomic E-state index is 13.9. The summed E-state index contributed by atoms with van der Waals surface area (Å²) in [6.45, 7) is 0. The van der Waals surface area contributed by atoms with Crippen LogP contribution in [0, 0.1) is 11.6 Å². The molecule has 2 rings (SSSR count). The zero-order chi connectivity index (χ0) is 16.4. The molecule has 1 aromatic heterocycles. The predicted octanol–water partition coefficient (Wildman–Crippen LogP) is 4.06. The fourth-order valence-corrected chi connectivity index (χ4v) is 2.25. The highest BCUT2D eigenvalue weighted by Gasteiger charge is 2.22. The maximum Gasteiger partial charge on any atom is 0.275 e. The number of anilines is 1. The average Bonchev–Trinajstić information content (AvgIpc) is 2.75. The van der Waals surface area contributed by atoms with Crippen LogP contribution in [-0.2, 0) is 7.05 Å². The van der Waals surface area contributed by atoms with Crippen LogP contribution in [0.1, 0.15) is 22.5 Å². The Bertz CT molecular complexity index is 718. The highest BCUT2D eigenvalue weighted by molar-refractivity contribution is 7.93. The van der Waals surface area contributed by atoms with Crippen molar-refractivity contribution in [3.05, 3.63) is 47.3 Å². The predicted molar refractivity (Wildman–Crippen MR) is 73.2 cm³/mol. The van der Waals surface area contributed by atoms with Gasteiger partial charge in [0.1, 0.15) is 11.5 Å². The van der Waals surface area contributed by atoms with Gasteiger partial charge in [-0.15, -0.1) is 0 Å². The quantitative estimate of drug-likeness (QED) is 0.655. The lowest BCUT2D eigenvalue weighted by Gasteiger charge is -2.09. The van der Waals surface area contributed by atoms with Gasteiger partial charge in [0, 0.05) is 31.0 Å². The molecular formula is C13H10F4N2O2S. The monoisotopic (exact) mass is 334 g/mol. The number of carbonyl (C=O) groups is 1. The van der Waals surface area contributed by atoms with Crippen LogP contribution in [-0.4, -0.2) is 15.0 Å². The molecule has 0 atom stereocenters. The smallest absolute Gasteiger partial charge is 0.275 e. The molecule has 1 heterocycles. The second-order valence-corrected chi connectivity index (χ2v) is 4.97. The maximum atomic E-state index is 13.9. The number of amides is 1. The van der Waals surface area contributed by atoms with Crippen molar-refractivity contribution in [3.63, 3.8) is 0 Å². The van der Waals surface area contributed by atoms with E-state index in [0.29, 0.717) is 0 Å². The molecule has 1 aromatic carbocycles. The van der Waals surface area contributed by atoms with Gasteiger partial charge in [-0.25, -0.2) is 17.6 Å². The SMILES string of the molecule is Cn1cc(SO)c(F)c1C(=O)Nc1ccc(F)c(C(F)F)c1. The zero-order valence-corrected chi connectivity index (χ0v) is 11.9. The number of nitrogens with one attached hydrogen (secondary N) is 1. The van der Waals surface area contributed by atoms with E-state index in [1.54, 1.807) is 0 Å². The molecule has 0 saturated heterocycles. The molecule has 0 bridgehead atoms. The third-order valence-corrected chi connectivity index (χ3v) is 3.37. The van der Waals surface area contributed by atoms with Crippen molar-refractivity contribution in [1.29, 1.82) is 0 Å². The lowest BCUT2D eigenvalue weighted by Crippen LogP contribution is -2.17. The van der Waals surface area contributed by atoms with E-state index in [0.717, 1.165) is 22.8 Å². The molecular weight excluding hydrogens is 324 g/mol. The fourth-order valence-electron chi connectivity index (χ4n) is 1.87. The number of hydrogen-bond acceptors (Lipinski definition) is 3. The van der Waals surface area contributed by atoms with Crippen LogP contribution in [0.5, 0.6) is 0 Å². The Hall–Kier alpha value is -2.00. The molecule has 118 valence electrons. The number of aryl methyl sites for hydroxylation is 1. The molecule has 9 heteroatoms. The molecule has 0 aliphatic heterocycles. The summed E-state index contributed by atoms with van der Waals surface area (Å²) in [7, 11) is 1.38. The van der Waals surface area contributed by atoms with Crippen LogP contribution < -0.4 is 5.32 Å². The summed E-state index contributed by atoms with van der Waals surface area (Å²) >= 11 is 0.138. The summed E-state index contributed by atoms with van der Waals surface area (Å²) in [6, 6.07) is 2.65. The van der Waals surface area contributed by atoms with Crippen LogP contribution in [0.15, 0.2) is 29.3 Å². The normalized spacial score (nSPS) is 11.0. The van der Waals surface area contributed by atoms with E-state index in [1.807, 2.05) is 0 Å². The summed E-state index contributed by atoms with van der Waals surface area (Å²) in [6.07, 6.45) is -1.84. The lowest BCUT2D eigenvalue weighted by molar-refractivity contribution is 0.101. The summed E-state index contributed by atoms with van der Waals surface area (Å²) in [4.78, 5) is 11.9. The standard InChI is InChI=1S/C13H10F4N2O2S/c1-19-5-9(22-21)10(15)11(19)13(20)18-6-2-3-8(14)7(4-6)12(16)17/h2-5,12,21H,1H3,(H,18,20). The van der Waals surface area contributed by atoms with Gasteiger partial charge in [-0.1, -0.05) is 0 Å². The molecule has 4 nitrogen and oxygen atoms in total. The Balaban J connectivity index is 2.30. The number of halogens is 4. The molecule has 0 spiro atoms. The zero-order valence-electron chi connectivity index (χ0n) is 11.1. The van der Waals surface area contributed by atoms with E-state index in [-0.39, 0.29) is 28.3 Å². The molecule has 0 saturated carbocycles. The van der Waals surface area contributed by atoms with Gasteiger partial charge in [-0.3, -0.25) is 4.79 Å². The number of carbonyl (C=O) groups excluding carboxylic acids is 1. The van der Waals surface area contributed by atoms with Crippen LogP contribution in [0.25, 0.3) is 0 Å². The highest BCUT2D eigenvalue weighted by atomic mass is 32.2. The minimum atomic E-state index is -3.04. The van der Waals surface area contributed by atoms with Crippen LogP contribution >= 0.6 is 12.0 Å². The van der Waals surface area contributed by atoms with Gasteiger partial charge in [0.2, 0.25) is 0 Å². The molecule has 0 unspecified atom stereocenters. The number of aromatic nitrogens is 1. The van der Waals surface area contributed by atoms with Gasteiger partial charge < -0.3 is 14.4 Å². The number of rotatable bonds is 4. The molecule has 22 heavy (non-hydrogen) atoms. The second kappa shape index (κ2) is 6.41. The molecule has 2 N–H and O–H groups in total. The van der Waals surface area contributed by atoms with E-state index >= 15 is 0 Å². The Morgan fingerprint density at radius 1 is 1.36 bits per heavy atom. The van der Waals surface area contributed by atoms with Gasteiger partial charge >= 0.3 is 0 Å². The Kier molecular flexibility index (Phi) is 4.77. The van der Waals surface area contributed by atoms with Crippen molar-refractivity contribution in [3.8, 4) is 0 Å². The first kappa shape index (κ1) is 16.4. The topological polar surface area (TPSA) is 54.3 Å². The molecule has 0 aliphatic rings. The third kappa shape index (κ3) is 3.09. The van der Waals surface area contributed by atoms with E-state index in [1.165, 1.54) is 13.2 Å². The summed E-state index contributed by atoms with van der Waals surface area (Å²) < 4.78 is 62.2. The third-order valence-electron chi connectivity index (χ3n) is 2.89. The van der Waals surface area contributed by atoms with Crippen molar-refractivity contribution in [2.75, 3.05) is 5.32 Å². The Morgan fingerprint density at radius 3 is 2.59 bits per heavy atom. The van der Waals surface area contributed by atoms with Crippen molar-refractivity contribution in [2.45, 2.75) is 11.3 Å². The lowest BCUT2D eigenvalue weighted by atomic mass is 10.2. The van der Waals surface area contributed by atoms with Crippen LogP contribution in [0.3, 0.4) is 0 Å². The van der Waals surface area contributed by atoms with Gasteiger partial charge in [-0.2, -0.15) is 0 Å². The molecule has 0 fully saturated rings. The number of alkyl halides is 2. The molecule has 1 amide bonds. The first-order chi connectivity index (χ1) is 10.3. The van der Waals surface area contributed by atoms with Crippen molar-refractivity contribution >= 4 is 23.6 Å².